The first-order valence-electron chi connectivity index (χ1n) is 7.13. The fraction of sp³-hybridized carbons (Fsp3) is 0.467. The zero-order valence-electron chi connectivity index (χ0n) is 11.7. The first-order chi connectivity index (χ1) is 9.65. The highest BCUT2D eigenvalue weighted by Crippen LogP contribution is 2.21. The van der Waals surface area contributed by atoms with Gasteiger partial charge < -0.3 is 10.6 Å². The molecule has 5 heteroatoms. The smallest absolute Gasteiger partial charge is 0.253 e. The number of aromatic amines is 1. The van der Waals surface area contributed by atoms with Crippen molar-refractivity contribution < 1.29 is 4.79 Å². The second-order valence-electron chi connectivity index (χ2n) is 5.68. The Morgan fingerprint density at radius 3 is 3.20 bits per heavy atom. The number of likely N-dealkylation sites (tertiary alicyclic amines) is 1. The van der Waals surface area contributed by atoms with Gasteiger partial charge in [0.25, 0.3) is 5.91 Å². The second-order valence-corrected chi connectivity index (χ2v) is 5.68. The van der Waals surface area contributed by atoms with Crippen molar-refractivity contribution in [3.05, 3.63) is 30.0 Å². The molecule has 0 radical (unpaired) electrons. The highest BCUT2D eigenvalue weighted by atomic mass is 16.2. The van der Waals surface area contributed by atoms with Gasteiger partial charge in [0.1, 0.15) is 0 Å². The fourth-order valence-electron chi connectivity index (χ4n) is 2.88. The van der Waals surface area contributed by atoms with E-state index in [2.05, 4.69) is 10.2 Å². The third-order valence-corrected chi connectivity index (χ3v) is 4.18. The normalized spacial score (nSPS) is 21.1. The van der Waals surface area contributed by atoms with Crippen molar-refractivity contribution in [2.45, 2.75) is 25.8 Å². The van der Waals surface area contributed by atoms with Crippen LogP contribution in [0.5, 0.6) is 0 Å². The Morgan fingerprint density at radius 2 is 2.40 bits per heavy atom. The molecule has 0 bridgehead atoms. The number of amides is 1. The van der Waals surface area contributed by atoms with Crippen LogP contribution in [0.4, 0.5) is 0 Å². The molecule has 20 heavy (non-hydrogen) atoms. The summed E-state index contributed by atoms with van der Waals surface area (Å²) in [5, 5.41) is 7.85. The number of carbonyl (C=O) groups excluding carboxylic acids is 1. The lowest BCUT2D eigenvalue weighted by atomic mass is 9.92. The minimum Gasteiger partial charge on any atom is -0.338 e. The van der Waals surface area contributed by atoms with Crippen LogP contribution in [-0.2, 0) is 0 Å². The van der Waals surface area contributed by atoms with Crippen LogP contribution in [0.25, 0.3) is 10.9 Å². The Bertz CT molecular complexity index is 619. The van der Waals surface area contributed by atoms with E-state index in [-0.39, 0.29) is 11.9 Å². The summed E-state index contributed by atoms with van der Waals surface area (Å²) in [4.78, 5) is 14.5. The van der Waals surface area contributed by atoms with Crippen LogP contribution in [0.3, 0.4) is 0 Å². The molecule has 2 unspecified atom stereocenters. The summed E-state index contributed by atoms with van der Waals surface area (Å²) in [7, 11) is 0. The van der Waals surface area contributed by atoms with E-state index in [1.54, 1.807) is 6.20 Å². The van der Waals surface area contributed by atoms with Gasteiger partial charge in [-0.05, 0) is 43.9 Å². The second kappa shape index (κ2) is 5.25. The number of aromatic nitrogens is 2. The molecule has 1 aliphatic heterocycles. The Hall–Kier alpha value is -1.88. The van der Waals surface area contributed by atoms with E-state index in [1.807, 2.05) is 30.0 Å². The maximum atomic E-state index is 12.6. The van der Waals surface area contributed by atoms with E-state index in [0.29, 0.717) is 5.92 Å². The zero-order chi connectivity index (χ0) is 14.1. The summed E-state index contributed by atoms with van der Waals surface area (Å²) in [5.74, 6) is 0.504. The Balaban J connectivity index is 1.80. The molecule has 2 heterocycles. The molecule has 1 fully saturated rings. The van der Waals surface area contributed by atoms with Gasteiger partial charge in [-0.25, -0.2) is 0 Å². The SMILES string of the molecule is CC(N)C1CCCN(C(=O)c2ccc3[nH]ncc3c2)C1. The van der Waals surface area contributed by atoms with Gasteiger partial charge in [0.2, 0.25) is 0 Å². The Labute approximate surface area is 118 Å². The number of nitrogens with zero attached hydrogens (tertiary/aromatic N) is 2. The Morgan fingerprint density at radius 1 is 1.55 bits per heavy atom. The quantitative estimate of drug-likeness (QED) is 0.874. The number of rotatable bonds is 2. The molecule has 1 aliphatic rings. The molecule has 0 aliphatic carbocycles. The molecular formula is C15H20N4O. The molecule has 5 nitrogen and oxygen atoms in total. The third-order valence-electron chi connectivity index (χ3n) is 4.18. The van der Waals surface area contributed by atoms with Gasteiger partial charge in [-0.15, -0.1) is 0 Å². The topological polar surface area (TPSA) is 75.0 Å². The van der Waals surface area contributed by atoms with Crippen LogP contribution < -0.4 is 5.73 Å². The molecule has 3 rings (SSSR count). The first-order valence-corrected chi connectivity index (χ1v) is 7.13. The summed E-state index contributed by atoms with van der Waals surface area (Å²) in [5.41, 5.74) is 7.66. The summed E-state index contributed by atoms with van der Waals surface area (Å²) in [6.07, 6.45) is 3.89. The number of H-pyrrole nitrogens is 1. The van der Waals surface area contributed by atoms with Gasteiger partial charge in [-0.3, -0.25) is 9.89 Å². The van der Waals surface area contributed by atoms with E-state index < -0.39 is 0 Å². The number of hydrogen-bond acceptors (Lipinski definition) is 3. The predicted octanol–water partition coefficient (Wildman–Crippen LogP) is 1.76. The standard InChI is InChI=1S/C15H20N4O/c1-10(16)12-3-2-6-19(9-12)15(20)11-4-5-14-13(7-11)8-17-18-14/h4-5,7-8,10,12H,2-3,6,9,16H2,1H3,(H,17,18). The van der Waals surface area contributed by atoms with Gasteiger partial charge in [0.15, 0.2) is 0 Å². The summed E-state index contributed by atoms with van der Waals surface area (Å²) in [6, 6.07) is 5.80. The number of nitrogens with one attached hydrogen (secondary N) is 1. The molecule has 1 saturated heterocycles. The van der Waals surface area contributed by atoms with Gasteiger partial charge >= 0.3 is 0 Å². The number of nitrogens with two attached hydrogens (primary N) is 1. The number of hydrogen-bond donors (Lipinski definition) is 2. The zero-order valence-corrected chi connectivity index (χ0v) is 11.7. The first kappa shape index (κ1) is 13.1. The average molecular weight is 272 g/mol. The monoisotopic (exact) mass is 272 g/mol. The lowest BCUT2D eigenvalue weighted by Crippen LogP contribution is -2.45. The highest BCUT2D eigenvalue weighted by Gasteiger charge is 2.26. The minimum atomic E-state index is 0.0958. The average Bonchev–Trinajstić information content (AvgIpc) is 2.94. The fourth-order valence-corrected chi connectivity index (χ4v) is 2.88. The van der Waals surface area contributed by atoms with Gasteiger partial charge in [-0.1, -0.05) is 0 Å². The van der Waals surface area contributed by atoms with Gasteiger partial charge in [-0.2, -0.15) is 5.10 Å². The summed E-state index contributed by atoms with van der Waals surface area (Å²) >= 11 is 0. The maximum absolute atomic E-state index is 12.6. The molecule has 2 aromatic rings. The number of carbonyl (C=O) groups is 1. The van der Waals surface area contributed by atoms with Crippen LogP contribution in [0.15, 0.2) is 24.4 Å². The molecule has 3 N–H and O–H groups in total. The van der Waals surface area contributed by atoms with E-state index >= 15 is 0 Å². The molecule has 2 atom stereocenters. The van der Waals surface area contributed by atoms with E-state index in [9.17, 15) is 4.79 Å². The summed E-state index contributed by atoms with van der Waals surface area (Å²) < 4.78 is 0. The Kier molecular flexibility index (Phi) is 3.44. The van der Waals surface area contributed by atoms with Crippen LogP contribution in [0.1, 0.15) is 30.1 Å². The molecule has 1 amide bonds. The third kappa shape index (κ3) is 2.41. The van der Waals surface area contributed by atoms with E-state index in [0.717, 1.165) is 42.4 Å². The van der Waals surface area contributed by atoms with Crippen LogP contribution >= 0.6 is 0 Å². The largest absolute Gasteiger partial charge is 0.338 e. The number of piperidine rings is 1. The van der Waals surface area contributed by atoms with Crippen molar-refractivity contribution in [3.8, 4) is 0 Å². The van der Waals surface area contributed by atoms with Crippen molar-refractivity contribution in [1.82, 2.24) is 15.1 Å². The van der Waals surface area contributed by atoms with Crippen molar-refractivity contribution in [2.24, 2.45) is 11.7 Å². The van der Waals surface area contributed by atoms with E-state index in [1.165, 1.54) is 0 Å². The van der Waals surface area contributed by atoms with E-state index in [4.69, 9.17) is 5.73 Å². The van der Waals surface area contributed by atoms with Crippen LogP contribution in [-0.4, -0.2) is 40.1 Å². The van der Waals surface area contributed by atoms with Crippen molar-refractivity contribution in [1.29, 1.82) is 0 Å². The van der Waals surface area contributed by atoms with Crippen molar-refractivity contribution in [3.63, 3.8) is 0 Å². The molecule has 0 spiro atoms. The van der Waals surface area contributed by atoms with Crippen LogP contribution in [0.2, 0.25) is 0 Å². The minimum absolute atomic E-state index is 0.0958. The molecule has 106 valence electrons. The van der Waals surface area contributed by atoms with Crippen molar-refractivity contribution in [2.75, 3.05) is 13.1 Å². The molecule has 0 saturated carbocycles. The lowest BCUT2D eigenvalue weighted by Gasteiger charge is -2.34. The number of fused-ring (bicyclic) bond motifs is 1. The van der Waals surface area contributed by atoms with Crippen LogP contribution in [0, 0.1) is 5.92 Å². The summed E-state index contributed by atoms with van der Waals surface area (Å²) in [6.45, 7) is 3.61. The maximum Gasteiger partial charge on any atom is 0.253 e. The molecule has 1 aromatic heterocycles. The van der Waals surface area contributed by atoms with Gasteiger partial charge in [0.05, 0.1) is 11.7 Å². The lowest BCUT2D eigenvalue weighted by molar-refractivity contribution is 0.0661. The molecular weight excluding hydrogens is 252 g/mol. The van der Waals surface area contributed by atoms with Gasteiger partial charge in [0, 0.05) is 30.1 Å². The van der Waals surface area contributed by atoms with Crippen molar-refractivity contribution >= 4 is 16.8 Å². The predicted molar refractivity (Wildman–Crippen MR) is 78.4 cm³/mol. The molecule has 1 aromatic carbocycles. The number of benzene rings is 1. The highest BCUT2D eigenvalue weighted by molar-refractivity contribution is 5.97.